The Morgan fingerprint density at radius 1 is 1.33 bits per heavy atom. The molecule has 0 bridgehead atoms. The van der Waals surface area contributed by atoms with Gasteiger partial charge in [-0.05, 0) is 24.7 Å². The van der Waals surface area contributed by atoms with E-state index in [9.17, 15) is 0 Å². The Morgan fingerprint density at radius 3 is 2.67 bits per heavy atom. The normalized spacial score (nSPS) is 12.0. The molecule has 0 aliphatic heterocycles. The first-order chi connectivity index (χ1) is 7.01. The first-order valence-electron chi connectivity index (χ1n) is 5.90. The zero-order valence-corrected chi connectivity index (χ0v) is 10.5. The quantitative estimate of drug-likeness (QED) is 0.746. The molecule has 1 aromatic heterocycles. The fourth-order valence-corrected chi connectivity index (χ4v) is 1.59. The van der Waals surface area contributed by atoms with Gasteiger partial charge in [0.15, 0.2) is 0 Å². The summed E-state index contributed by atoms with van der Waals surface area (Å²) in [6.07, 6.45) is 6.67. The topological polar surface area (TPSA) is 30.7 Å². The van der Waals surface area contributed by atoms with Crippen molar-refractivity contribution in [3.8, 4) is 0 Å². The summed E-state index contributed by atoms with van der Waals surface area (Å²) in [6, 6.07) is 0. The largest absolute Gasteiger partial charge is 0.252 e. The Kier molecular flexibility index (Phi) is 4.30. The van der Waals surface area contributed by atoms with Gasteiger partial charge >= 0.3 is 0 Å². The van der Waals surface area contributed by atoms with Gasteiger partial charge in [0.25, 0.3) is 0 Å². The molecule has 0 spiro atoms. The molecule has 0 aliphatic rings. The Hall–Kier alpha value is -0.860. The lowest BCUT2D eigenvalue weighted by molar-refractivity contribution is 0.347. The van der Waals surface area contributed by atoms with Crippen molar-refractivity contribution in [1.82, 2.24) is 15.0 Å². The van der Waals surface area contributed by atoms with Gasteiger partial charge in [-0.1, -0.05) is 39.3 Å². The summed E-state index contributed by atoms with van der Waals surface area (Å²) < 4.78 is 1.97. The summed E-state index contributed by atoms with van der Waals surface area (Å²) in [5.74, 6) is 0. The third kappa shape index (κ3) is 4.96. The van der Waals surface area contributed by atoms with Crippen LogP contribution in [0.1, 0.15) is 52.7 Å². The molecule has 3 heteroatoms. The highest BCUT2D eigenvalue weighted by Crippen LogP contribution is 2.20. The zero-order valence-electron chi connectivity index (χ0n) is 10.5. The lowest BCUT2D eigenvalue weighted by Crippen LogP contribution is -2.07. The van der Waals surface area contributed by atoms with Gasteiger partial charge < -0.3 is 0 Å². The van der Waals surface area contributed by atoms with Crippen molar-refractivity contribution in [3.05, 3.63) is 11.9 Å². The molecule has 1 aromatic rings. The Balaban J connectivity index is 2.31. The minimum absolute atomic E-state index is 0.423. The van der Waals surface area contributed by atoms with E-state index in [0.717, 1.165) is 25.1 Å². The van der Waals surface area contributed by atoms with Crippen LogP contribution < -0.4 is 0 Å². The molecule has 0 aromatic carbocycles. The second-order valence-corrected chi connectivity index (χ2v) is 5.39. The van der Waals surface area contributed by atoms with Gasteiger partial charge in [-0.15, -0.1) is 5.10 Å². The average Bonchev–Trinajstić information content (AvgIpc) is 2.51. The van der Waals surface area contributed by atoms with E-state index in [4.69, 9.17) is 0 Å². The molecule has 0 fully saturated rings. The number of hydrogen-bond donors (Lipinski definition) is 0. The van der Waals surface area contributed by atoms with E-state index in [1.54, 1.807) is 0 Å². The number of hydrogen-bond acceptors (Lipinski definition) is 2. The SMILES string of the molecule is CCCc1cn(CCCC(C)(C)C)nn1. The van der Waals surface area contributed by atoms with Gasteiger partial charge in [0.1, 0.15) is 0 Å². The van der Waals surface area contributed by atoms with Crippen molar-refractivity contribution in [3.63, 3.8) is 0 Å². The Labute approximate surface area is 92.9 Å². The minimum Gasteiger partial charge on any atom is -0.252 e. The van der Waals surface area contributed by atoms with Crippen molar-refractivity contribution in [2.24, 2.45) is 5.41 Å². The number of aromatic nitrogens is 3. The van der Waals surface area contributed by atoms with Crippen LogP contribution in [0.4, 0.5) is 0 Å². The van der Waals surface area contributed by atoms with Crippen LogP contribution in [-0.4, -0.2) is 15.0 Å². The van der Waals surface area contributed by atoms with Gasteiger partial charge in [0.05, 0.1) is 5.69 Å². The van der Waals surface area contributed by atoms with Gasteiger partial charge in [0, 0.05) is 12.7 Å². The van der Waals surface area contributed by atoms with Gasteiger partial charge in [0.2, 0.25) is 0 Å². The van der Waals surface area contributed by atoms with E-state index in [2.05, 4.69) is 44.2 Å². The smallest absolute Gasteiger partial charge is 0.0827 e. The maximum Gasteiger partial charge on any atom is 0.0827 e. The van der Waals surface area contributed by atoms with Crippen molar-refractivity contribution in [2.45, 2.75) is 59.9 Å². The predicted molar refractivity (Wildman–Crippen MR) is 62.7 cm³/mol. The lowest BCUT2D eigenvalue weighted by Gasteiger charge is -2.17. The molecule has 0 saturated carbocycles. The molecular weight excluding hydrogens is 186 g/mol. The predicted octanol–water partition coefficient (Wildman–Crippen LogP) is 3.06. The van der Waals surface area contributed by atoms with E-state index >= 15 is 0 Å². The van der Waals surface area contributed by atoms with Crippen molar-refractivity contribution in [1.29, 1.82) is 0 Å². The molecule has 0 unspecified atom stereocenters. The van der Waals surface area contributed by atoms with Gasteiger partial charge in [-0.25, -0.2) is 0 Å². The van der Waals surface area contributed by atoms with Gasteiger partial charge in [-0.3, -0.25) is 4.68 Å². The molecule has 15 heavy (non-hydrogen) atoms. The fraction of sp³-hybridized carbons (Fsp3) is 0.833. The van der Waals surface area contributed by atoms with E-state index in [0.29, 0.717) is 5.41 Å². The first-order valence-corrected chi connectivity index (χ1v) is 5.90. The third-order valence-corrected chi connectivity index (χ3v) is 2.41. The van der Waals surface area contributed by atoms with Crippen LogP contribution in [0.5, 0.6) is 0 Å². The van der Waals surface area contributed by atoms with Crippen LogP contribution >= 0.6 is 0 Å². The highest BCUT2D eigenvalue weighted by molar-refractivity contribution is 4.91. The fourth-order valence-electron chi connectivity index (χ4n) is 1.59. The lowest BCUT2D eigenvalue weighted by atomic mass is 9.91. The zero-order chi connectivity index (χ0) is 11.3. The van der Waals surface area contributed by atoms with Crippen LogP contribution in [-0.2, 0) is 13.0 Å². The van der Waals surface area contributed by atoms with Crippen molar-refractivity contribution >= 4 is 0 Å². The van der Waals surface area contributed by atoms with Crippen LogP contribution in [0.25, 0.3) is 0 Å². The summed E-state index contributed by atoms with van der Waals surface area (Å²) >= 11 is 0. The van der Waals surface area contributed by atoms with E-state index < -0.39 is 0 Å². The second kappa shape index (κ2) is 5.29. The third-order valence-electron chi connectivity index (χ3n) is 2.41. The molecule has 1 rings (SSSR count). The number of rotatable bonds is 5. The molecule has 0 amide bonds. The van der Waals surface area contributed by atoms with Gasteiger partial charge in [-0.2, -0.15) is 0 Å². The van der Waals surface area contributed by atoms with Crippen molar-refractivity contribution < 1.29 is 0 Å². The Bertz CT molecular complexity index is 283. The van der Waals surface area contributed by atoms with E-state index in [1.165, 1.54) is 12.8 Å². The standard InChI is InChI=1S/C12H23N3/c1-5-7-11-10-15(14-13-11)9-6-8-12(2,3)4/h10H,5-9H2,1-4H3. The summed E-state index contributed by atoms with van der Waals surface area (Å²) in [5, 5.41) is 8.26. The van der Waals surface area contributed by atoms with E-state index in [-0.39, 0.29) is 0 Å². The van der Waals surface area contributed by atoms with Crippen LogP contribution in [0.2, 0.25) is 0 Å². The second-order valence-electron chi connectivity index (χ2n) is 5.39. The number of aryl methyl sites for hydroxylation is 2. The van der Waals surface area contributed by atoms with Crippen LogP contribution in [0, 0.1) is 5.41 Å². The Morgan fingerprint density at radius 2 is 2.07 bits per heavy atom. The van der Waals surface area contributed by atoms with Crippen LogP contribution in [0.3, 0.4) is 0 Å². The summed E-state index contributed by atoms with van der Waals surface area (Å²) in [4.78, 5) is 0. The summed E-state index contributed by atoms with van der Waals surface area (Å²) in [7, 11) is 0. The molecule has 0 aliphatic carbocycles. The molecule has 0 atom stereocenters. The molecular formula is C12H23N3. The maximum absolute atomic E-state index is 4.13. The van der Waals surface area contributed by atoms with Crippen LogP contribution in [0.15, 0.2) is 6.20 Å². The average molecular weight is 209 g/mol. The van der Waals surface area contributed by atoms with Crippen molar-refractivity contribution in [2.75, 3.05) is 0 Å². The number of nitrogens with zero attached hydrogens (tertiary/aromatic N) is 3. The summed E-state index contributed by atoms with van der Waals surface area (Å²) in [5.41, 5.74) is 1.54. The molecule has 0 N–H and O–H groups in total. The molecule has 0 saturated heterocycles. The molecule has 3 nitrogen and oxygen atoms in total. The molecule has 86 valence electrons. The minimum atomic E-state index is 0.423. The highest BCUT2D eigenvalue weighted by atomic mass is 15.4. The molecule has 0 radical (unpaired) electrons. The highest BCUT2D eigenvalue weighted by Gasteiger charge is 2.09. The molecule has 1 heterocycles. The first kappa shape index (κ1) is 12.2. The monoisotopic (exact) mass is 209 g/mol. The maximum atomic E-state index is 4.13. The van der Waals surface area contributed by atoms with E-state index in [1.807, 2.05) is 4.68 Å². The summed E-state index contributed by atoms with van der Waals surface area (Å²) in [6.45, 7) is 9.98.